The van der Waals surface area contributed by atoms with Crippen molar-refractivity contribution in [3.63, 3.8) is 0 Å². The van der Waals surface area contributed by atoms with E-state index in [4.69, 9.17) is 15.3 Å². The van der Waals surface area contributed by atoms with Crippen LogP contribution >= 0.6 is 0 Å². The van der Waals surface area contributed by atoms with Crippen LogP contribution in [0.3, 0.4) is 0 Å². The number of hydrogen-bond donors (Lipinski definition) is 2. The molecule has 3 N–H and O–H groups in total. The largest absolute Gasteiger partial charge is 0.492 e. The lowest BCUT2D eigenvalue weighted by molar-refractivity contribution is -0.0370. The monoisotopic (exact) mass is 265 g/mol. The van der Waals surface area contributed by atoms with E-state index in [2.05, 4.69) is 10.4 Å². The van der Waals surface area contributed by atoms with Crippen molar-refractivity contribution in [1.82, 2.24) is 10.4 Å². The van der Waals surface area contributed by atoms with Crippen molar-refractivity contribution >= 4 is 0 Å². The van der Waals surface area contributed by atoms with E-state index in [1.54, 1.807) is 13.3 Å². The second-order valence-corrected chi connectivity index (χ2v) is 4.96. The molecule has 1 aliphatic rings. The van der Waals surface area contributed by atoms with Crippen molar-refractivity contribution in [2.45, 2.75) is 44.2 Å². The molecular formula is C14H23N3O2. The lowest BCUT2D eigenvalue weighted by Gasteiger charge is -2.36. The Morgan fingerprint density at radius 1 is 1.42 bits per heavy atom. The van der Waals surface area contributed by atoms with Gasteiger partial charge in [-0.25, -0.2) is 0 Å². The van der Waals surface area contributed by atoms with Gasteiger partial charge in [0.15, 0.2) is 0 Å². The Bertz CT molecular complexity index is 405. The maximum atomic E-state index is 5.79. The van der Waals surface area contributed by atoms with Crippen LogP contribution in [0.15, 0.2) is 18.5 Å². The Hall–Kier alpha value is -1.17. The van der Waals surface area contributed by atoms with E-state index in [0.29, 0.717) is 6.61 Å². The number of methoxy groups -OCH3 is 1. The first-order chi connectivity index (χ1) is 9.25. The summed E-state index contributed by atoms with van der Waals surface area (Å²) in [4.78, 5) is 4.23. The fraction of sp³-hybridized carbons (Fsp3) is 0.643. The molecule has 0 aliphatic heterocycles. The third kappa shape index (κ3) is 2.88. The molecule has 0 amide bonds. The molecule has 5 heteroatoms. The number of nitrogens with one attached hydrogen (secondary N) is 1. The summed E-state index contributed by atoms with van der Waals surface area (Å²) < 4.78 is 11.3. The van der Waals surface area contributed by atoms with E-state index >= 15 is 0 Å². The van der Waals surface area contributed by atoms with Gasteiger partial charge < -0.3 is 9.47 Å². The molecule has 1 aromatic rings. The summed E-state index contributed by atoms with van der Waals surface area (Å²) in [5.41, 5.74) is 3.68. The van der Waals surface area contributed by atoms with Crippen molar-refractivity contribution in [2.75, 3.05) is 13.7 Å². The van der Waals surface area contributed by atoms with E-state index in [1.807, 2.05) is 19.2 Å². The van der Waals surface area contributed by atoms with E-state index in [0.717, 1.165) is 24.2 Å². The summed E-state index contributed by atoms with van der Waals surface area (Å²) in [7, 11) is 1.76. The highest BCUT2D eigenvalue weighted by molar-refractivity contribution is 5.28. The van der Waals surface area contributed by atoms with Gasteiger partial charge in [-0.2, -0.15) is 0 Å². The third-order valence-electron chi connectivity index (χ3n) is 3.93. The Balaban J connectivity index is 2.27. The number of nitrogens with two attached hydrogens (primary N) is 1. The number of nitrogens with zero attached hydrogens (tertiary/aromatic N) is 1. The van der Waals surface area contributed by atoms with E-state index in [1.165, 1.54) is 12.8 Å². The molecule has 5 nitrogen and oxygen atoms in total. The lowest BCUT2D eigenvalue weighted by atomic mass is 9.88. The van der Waals surface area contributed by atoms with Crippen molar-refractivity contribution < 1.29 is 9.47 Å². The first-order valence-electron chi connectivity index (χ1n) is 6.85. The van der Waals surface area contributed by atoms with Crippen LogP contribution in [0.4, 0.5) is 0 Å². The Morgan fingerprint density at radius 3 is 2.74 bits per heavy atom. The van der Waals surface area contributed by atoms with Gasteiger partial charge in [0.25, 0.3) is 0 Å². The highest BCUT2D eigenvalue weighted by atomic mass is 16.5. The zero-order valence-corrected chi connectivity index (χ0v) is 11.7. The first-order valence-corrected chi connectivity index (χ1v) is 6.85. The second-order valence-electron chi connectivity index (χ2n) is 4.96. The fourth-order valence-corrected chi connectivity index (χ4v) is 2.98. The molecule has 1 unspecified atom stereocenters. The second kappa shape index (κ2) is 6.32. The maximum absolute atomic E-state index is 5.79. The molecular weight excluding hydrogens is 242 g/mol. The molecule has 1 heterocycles. The minimum absolute atomic E-state index is 0.0621. The van der Waals surface area contributed by atoms with Crippen LogP contribution < -0.4 is 16.0 Å². The van der Waals surface area contributed by atoms with Crippen LogP contribution in [0.2, 0.25) is 0 Å². The van der Waals surface area contributed by atoms with Crippen molar-refractivity contribution in [3.05, 3.63) is 24.0 Å². The molecule has 19 heavy (non-hydrogen) atoms. The molecule has 1 fully saturated rings. The van der Waals surface area contributed by atoms with Gasteiger partial charge >= 0.3 is 0 Å². The van der Waals surface area contributed by atoms with E-state index in [-0.39, 0.29) is 11.6 Å². The predicted molar refractivity (Wildman–Crippen MR) is 73.7 cm³/mol. The van der Waals surface area contributed by atoms with Crippen LogP contribution in [-0.2, 0) is 4.74 Å². The topological polar surface area (TPSA) is 69.4 Å². The summed E-state index contributed by atoms with van der Waals surface area (Å²) in [5, 5.41) is 0. The SMILES string of the molecule is CCOc1cncc(C(NN)C2(OC)CCCC2)c1. The van der Waals surface area contributed by atoms with Crippen LogP contribution in [0.25, 0.3) is 0 Å². The van der Waals surface area contributed by atoms with Crippen LogP contribution in [0.5, 0.6) is 5.75 Å². The average Bonchev–Trinajstić information content (AvgIpc) is 2.90. The highest BCUT2D eigenvalue weighted by Crippen LogP contribution is 2.42. The van der Waals surface area contributed by atoms with Crippen LogP contribution in [-0.4, -0.2) is 24.3 Å². The summed E-state index contributed by atoms with van der Waals surface area (Å²) >= 11 is 0. The molecule has 0 saturated heterocycles. The number of ether oxygens (including phenoxy) is 2. The van der Waals surface area contributed by atoms with Gasteiger partial charge in [0.2, 0.25) is 0 Å². The zero-order chi connectivity index (χ0) is 13.7. The normalized spacial score (nSPS) is 19.3. The molecule has 1 saturated carbocycles. The average molecular weight is 265 g/mol. The van der Waals surface area contributed by atoms with Crippen molar-refractivity contribution in [3.8, 4) is 5.75 Å². The summed E-state index contributed by atoms with van der Waals surface area (Å²) in [6, 6.07) is 1.92. The van der Waals surface area contributed by atoms with Gasteiger partial charge in [-0.05, 0) is 31.4 Å². The van der Waals surface area contributed by atoms with Crippen molar-refractivity contribution in [1.29, 1.82) is 0 Å². The number of aromatic nitrogens is 1. The van der Waals surface area contributed by atoms with Crippen LogP contribution in [0, 0.1) is 0 Å². The van der Waals surface area contributed by atoms with Gasteiger partial charge in [0, 0.05) is 13.3 Å². The number of hydrogen-bond acceptors (Lipinski definition) is 5. The van der Waals surface area contributed by atoms with Gasteiger partial charge in [0.05, 0.1) is 24.4 Å². The fourth-order valence-electron chi connectivity index (χ4n) is 2.98. The molecule has 2 rings (SSSR count). The molecule has 0 aromatic carbocycles. The minimum Gasteiger partial charge on any atom is -0.492 e. The quantitative estimate of drug-likeness (QED) is 0.607. The molecule has 1 atom stereocenters. The molecule has 1 aromatic heterocycles. The predicted octanol–water partition coefficient (Wildman–Crippen LogP) is 1.94. The summed E-state index contributed by atoms with van der Waals surface area (Å²) in [6.07, 6.45) is 7.91. The lowest BCUT2D eigenvalue weighted by Crippen LogP contribution is -2.46. The number of hydrazine groups is 1. The van der Waals surface area contributed by atoms with Gasteiger partial charge in [-0.3, -0.25) is 16.3 Å². The van der Waals surface area contributed by atoms with E-state index in [9.17, 15) is 0 Å². The number of pyridine rings is 1. The highest BCUT2D eigenvalue weighted by Gasteiger charge is 2.42. The zero-order valence-electron chi connectivity index (χ0n) is 11.7. The van der Waals surface area contributed by atoms with Crippen LogP contribution in [0.1, 0.15) is 44.2 Å². The number of rotatable bonds is 6. The summed E-state index contributed by atoms with van der Waals surface area (Å²) in [6.45, 7) is 2.58. The molecule has 0 bridgehead atoms. The Labute approximate surface area is 114 Å². The standard InChI is InChI=1S/C14H23N3O2/c1-3-19-12-8-11(9-16-10-12)13(17-15)14(18-2)6-4-5-7-14/h8-10,13,17H,3-7,15H2,1-2H3. The Kier molecular flexibility index (Phi) is 4.74. The van der Waals surface area contributed by atoms with Gasteiger partial charge in [-0.15, -0.1) is 0 Å². The van der Waals surface area contributed by atoms with Gasteiger partial charge in [-0.1, -0.05) is 12.8 Å². The van der Waals surface area contributed by atoms with E-state index < -0.39 is 0 Å². The molecule has 0 spiro atoms. The van der Waals surface area contributed by atoms with Gasteiger partial charge in [0.1, 0.15) is 5.75 Å². The molecule has 1 aliphatic carbocycles. The first kappa shape index (κ1) is 14.2. The molecule has 0 radical (unpaired) electrons. The Morgan fingerprint density at radius 2 is 2.16 bits per heavy atom. The third-order valence-corrected chi connectivity index (χ3v) is 3.93. The smallest absolute Gasteiger partial charge is 0.137 e. The molecule has 106 valence electrons. The van der Waals surface area contributed by atoms with Crippen molar-refractivity contribution in [2.24, 2.45) is 5.84 Å². The summed E-state index contributed by atoms with van der Waals surface area (Å²) in [5.74, 6) is 6.54. The maximum Gasteiger partial charge on any atom is 0.137 e. The minimum atomic E-state index is -0.235.